The third-order valence-corrected chi connectivity index (χ3v) is 7.56. The van der Waals surface area contributed by atoms with Crippen LogP contribution in [0, 0.1) is 0 Å². The van der Waals surface area contributed by atoms with Crippen LogP contribution >= 0.6 is 0 Å². The van der Waals surface area contributed by atoms with E-state index in [0.717, 1.165) is 12.8 Å². The van der Waals surface area contributed by atoms with Gasteiger partial charge in [0.15, 0.2) is 5.82 Å². The number of imidazole rings is 1. The van der Waals surface area contributed by atoms with Crippen LogP contribution in [0.5, 0.6) is 0 Å². The van der Waals surface area contributed by atoms with Gasteiger partial charge in [0, 0.05) is 32.2 Å². The molecule has 1 N–H and O–H groups in total. The van der Waals surface area contributed by atoms with Gasteiger partial charge in [-0.2, -0.15) is 9.97 Å². The molecule has 0 saturated carbocycles. The van der Waals surface area contributed by atoms with Crippen molar-refractivity contribution in [3.63, 3.8) is 0 Å². The fourth-order valence-electron chi connectivity index (χ4n) is 5.46. The van der Waals surface area contributed by atoms with Crippen molar-refractivity contribution in [3.8, 4) is 5.82 Å². The molecule has 4 heterocycles. The molecular formula is C29H31F2N7O2. The van der Waals surface area contributed by atoms with Gasteiger partial charge in [-0.15, -0.1) is 0 Å². The van der Waals surface area contributed by atoms with E-state index in [-0.39, 0.29) is 24.2 Å². The summed E-state index contributed by atoms with van der Waals surface area (Å²) in [6, 6.07) is 19.0. The van der Waals surface area contributed by atoms with Gasteiger partial charge in [-0.1, -0.05) is 42.5 Å². The van der Waals surface area contributed by atoms with E-state index in [4.69, 9.17) is 4.74 Å². The molecule has 0 bridgehead atoms. The van der Waals surface area contributed by atoms with E-state index in [1.807, 2.05) is 28.0 Å². The summed E-state index contributed by atoms with van der Waals surface area (Å²) in [4.78, 5) is 30.4. The number of morpholine rings is 1. The predicted molar refractivity (Wildman–Crippen MR) is 148 cm³/mol. The molecule has 6 rings (SSSR count). The number of anilines is 2. The number of carbonyl (C=O) groups is 1. The van der Waals surface area contributed by atoms with Gasteiger partial charge in [-0.25, -0.2) is 13.8 Å². The van der Waals surface area contributed by atoms with Crippen LogP contribution in [0.25, 0.3) is 16.9 Å². The summed E-state index contributed by atoms with van der Waals surface area (Å²) < 4.78 is 35.0. The van der Waals surface area contributed by atoms with Crippen LogP contribution in [0.15, 0.2) is 60.7 Å². The molecule has 0 atom stereocenters. The molecule has 0 spiro atoms. The number of alkyl halides is 2. The van der Waals surface area contributed by atoms with Crippen LogP contribution in [0.4, 0.5) is 20.5 Å². The first-order valence-corrected chi connectivity index (χ1v) is 13.6. The number of likely N-dealkylation sites (tertiary alicyclic amines) is 1. The summed E-state index contributed by atoms with van der Waals surface area (Å²) in [5.41, 5.74) is 2.28. The summed E-state index contributed by atoms with van der Waals surface area (Å²) in [6.45, 7) is 3.66. The number of carbonyl (C=O) groups excluding carboxylic acids is 1. The van der Waals surface area contributed by atoms with Crippen LogP contribution in [0.1, 0.15) is 36.6 Å². The van der Waals surface area contributed by atoms with Crippen molar-refractivity contribution in [2.24, 2.45) is 0 Å². The zero-order valence-electron chi connectivity index (χ0n) is 22.0. The maximum absolute atomic E-state index is 14.1. The minimum atomic E-state index is -2.80. The first-order chi connectivity index (χ1) is 19.6. The highest BCUT2D eigenvalue weighted by Gasteiger charge is 2.25. The Hall–Kier alpha value is -4.12. The second kappa shape index (κ2) is 11.5. The minimum absolute atomic E-state index is 0.00832. The first-order valence-electron chi connectivity index (χ1n) is 13.6. The lowest BCUT2D eigenvalue weighted by Crippen LogP contribution is -2.41. The van der Waals surface area contributed by atoms with Crippen molar-refractivity contribution in [1.29, 1.82) is 0 Å². The number of fused-ring (bicyclic) bond motifs is 1. The van der Waals surface area contributed by atoms with E-state index in [9.17, 15) is 13.6 Å². The van der Waals surface area contributed by atoms with Gasteiger partial charge in [-0.3, -0.25) is 9.36 Å². The fourth-order valence-corrected chi connectivity index (χ4v) is 5.46. The average Bonchev–Trinajstić information content (AvgIpc) is 3.41. The smallest absolute Gasteiger partial charge is 0.296 e. The molecule has 2 aliphatic heterocycles. The Morgan fingerprint density at radius 1 is 0.925 bits per heavy atom. The Morgan fingerprint density at radius 3 is 2.38 bits per heavy atom. The standard InChI is InChI=1S/C29H31F2N7O2/c30-27(31)28-33-22-8-4-5-9-23(22)38(28)25-18-24(36-14-16-40-17-15-36)34-29(35-25)32-19-26(39)37-12-10-21(11-13-37)20-6-2-1-3-7-20/h1-9,18,21,27H,10-17,19H2,(H,32,34,35). The number of halogens is 2. The van der Waals surface area contributed by atoms with Crippen molar-refractivity contribution in [1.82, 2.24) is 24.4 Å². The van der Waals surface area contributed by atoms with E-state index in [0.29, 0.717) is 62.2 Å². The van der Waals surface area contributed by atoms with Gasteiger partial charge in [0.2, 0.25) is 11.9 Å². The highest BCUT2D eigenvalue weighted by atomic mass is 19.3. The van der Waals surface area contributed by atoms with Gasteiger partial charge in [0.1, 0.15) is 11.6 Å². The number of hydrogen-bond acceptors (Lipinski definition) is 7. The summed E-state index contributed by atoms with van der Waals surface area (Å²) in [6.07, 6.45) is -0.981. The number of piperidine rings is 1. The van der Waals surface area contributed by atoms with Gasteiger partial charge >= 0.3 is 0 Å². The molecule has 2 saturated heterocycles. The molecule has 11 heteroatoms. The van der Waals surface area contributed by atoms with Crippen molar-refractivity contribution >= 4 is 28.7 Å². The largest absolute Gasteiger partial charge is 0.378 e. The van der Waals surface area contributed by atoms with Gasteiger partial charge in [0.25, 0.3) is 6.43 Å². The Balaban J connectivity index is 1.23. The lowest BCUT2D eigenvalue weighted by Gasteiger charge is -2.32. The van der Waals surface area contributed by atoms with E-state index in [2.05, 4.69) is 32.4 Å². The van der Waals surface area contributed by atoms with Crippen molar-refractivity contribution in [2.45, 2.75) is 25.2 Å². The normalized spacial score (nSPS) is 16.6. The second-order valence-electron chi connectivity index (χ2n) is 10.0. The average molecular weight is 548 g/mol. The molecule has 2 fully saturated rings. The van der Waals surface area contributed by atoms with E-state index in [1.54, 1.807) is 30.3 Å². The number of nitrogens with one attached hydrogen (secondary N) is 1. The van der Waals surface area contributed by atoms with Crippen LogP contribution in [-0.2, 0) is 9.53 Å². The number of para-hydroxylation sites is 2. The predicted octanol–water partition coefficient (Wildman–Crippen LogP) is 4.41. The third-order valence-electron chi connectivity index (χ3n) is 7.56. The molecule has 9 nitrogen and oxygen atoms in total. The van der Waals surface area contributed by atoms with E-state index in [1.165, 1.54) is 10.1 Å². The molecule has 4 aromatic rings. The zero-order chi connectivity index (χ0) is 27.5. The lowest BCUT2D eigenvalue weighted by atomic mass is 9.89. The minimum Gasteiger partial charge on any atom is -0.378 e. The highest BCUT2D eigenvalue weighted by Crippen LogP contribution is 2.30. The Kier molecular flexibility index (Phi) is 7.54. The lowest BCUT2D eigenvalue weighted by molar-refractivity contribution is -0.130. The van der Waals surface area contributed by atoms with Gasteiger partial charge < -0.3 is 19.9 Å². The molecule has 2 aromatic carbocycles. The number of aromatic nitrogens is 4. The van der Waals surface area contributed by atoms with Crippen LogP contribution < -0.4 is 10.2 Å². The quantitative estimate of drug-likeness (QED) is 0.367. The topological polar surface area (TPSA) is 88.4 Å². The second-order valence-corrected chi connectivity index (χ2v) is 10.0. The number of hydrogen-bond donors (Lipinski definition) is 1. The molecule has 0 aliphatic carbocycles. The SMILES string of the molecule is O=C(CNc1nc(N2CCOCC2)cc(-n2c(C(F)F)nc3ccccc32)n1)N1CCC(c2ccccc2)CC1. The fraction of sp³-hybridized carbons (Fsp3) is 0.379. The zero-order valence-corrected chi connectivity index (χ0v) is 22.0. The molecular weight excluding hydrogens is 516 g/mol. The number of rotatable bonds is 7. The van der Waals surface area contributed by atoms with Crippen LogP contribution in [-0.4, -0.2) is 76.3 Å². The van der Waals surface area contributed by atoms with Crippen LogP contribution in [0.3, 0.4) is 0 Å². The molecule has 0 unspecified atom stereocenters. The summed E-state index contributed by atoms with van der Waals surface area (Å²) in [5, 5.41) is 3.07. The van der Waals surface area contributed by atoms with Crippen molar-refractivity contribution in [3.05, 3.63) is 72.1 Å². The Labute approximate surface area is 230 Å². The number of ether oxygens (including phenoxy) is 1. The highest BCUT2D eigenvalue weighted by molar-refractivity contribution is 5.81. The number of amides is 1. The third kappa shape index (κ3) is 5.46. The van der Waals surface area contributed by atoms with Crippen molar-refractivity contribution < 1.29 is 18.3 Å². The molecule has 0 radical (unpaired) electrons. The Bertz CT molecular complexity index is 1470. The molecule has 208 valence electrons. The number of benzene rings is 2. The molecule has 1 amide bonds. The molecule has 2 aliphatic rings. The first kappa shape index (κ1) is 26.1. The summed E-state index contributed by atoms with van der Waals surface area (Å²) >= 11 is 0. The summed E-state index contributed by atoms with van der Waals surface area (Å²) in [5.74, 6) is 1.04. The van der Waals surface area contributed by atoms with Crippen LogP contribution in [0.2, 0.25) is 0 Å². The maximum Gasteiger partial charge on any atom is 0.296 e. The van der Waals surface area contributed by atoms with E-state index < -0.39 is 12.2 Å². The monoisotopic (exact) mass is 547 g/mol. The van der Waals surface area contributed by atoms with Gasteiger partial charge in [-0.05, 0) is 36.5 Å². The summed E-state index contributed by atoms with van der Waals surface area (Å²) in [7, 11) is 0. The molecule has 40 heavy (non-hydrogen) atoms. The molecule has 2 aromatic heterocycles. The number of nitrogens with zero attached hydrogens (tertiary/aromatic N) is 6. The maximum atomic E-state index is 14.1. The van der Waals surface area contributed by atoms with Crippen molar-refractivity contribution in [2.75, 3.05) is 56.2 Å². The Morgan fingerprint density at radius 2 is 1.62 bits per heavy atom. The van der Waals surface area contributed by atoms with Gasteiger partial charge in [0.05, 0.1) is 30.8 Å². The van der Waals surface area contributed by atoms with E-state index >= 15 is 0 Å².